The molecule has 1 aliphatic heterocycles. The first-order valence-corrected chi connectivity index (χ1v) is 8.74. The molecule has 1 fully saturated rings. The number of halogens is 2. The van der Waals surface area contributed by atoms with Crippen LogP contribution in [0.25, 0.3) is 6.08 Å². The number of ether oxygens (including phenoxy) is 2. The van der Waals surface area contributed by atoms with Crippen molar-refractivity contribution in [1.82, 2.24) is 5.32 Å². The van der Waals surface area contributed by atoms with Gasteiger partial charge in [-0.15, -0.1) is 0 Å². The van der Waals surface area contributed by atoms with Crippen molar-refractivity contribution in [3.8, 4) is 11.5 Å². The van der Waals surface area contributed by atoms with Crippen molar-refractivity contribution in [3.05, 3.63) is 57.8 Å². The lowest BCUT2D eigenvalue weighted by atomic mass is 10.1. The Hall–Kier alpha value is -3.20. The van der Waals surface area contributed by atoms with Gasteiger partial charge in [-0.1, -0.05) is 12.1 Å². The van der Waals surface area contributed by atoms with E-state index in [9.17, 15) is 18.8 Å². The summed E-state index contributed by atoms with van der Waals surface area (Å²) in [7, 11) is 2.91. The van der Waals surface area contributed by atoms with Crippen LogP contribution in [-0.4, -0.2) is 32.1 Å². The summed E-state index contributed by atoms with van der Waals surface area (Å²) in [6, 6.07) is 7.43. The Morgan fingerprint density at radius 2 is 1.82 bits per heavy atom. The Balaban J connectivity index is 2.07. The van der Waals surface area contributed by atoms with E-state index in [0.29, 0.717) is 26.4 Å². The Labute approximate surface area is 167 Å². The maximum Gasteiger partial charge on any atom is 0.336 e. The van der Waals surface area contributed by atoms with Crippen LogP contribution in [0.5, 0.6) is 11.5 Å². The second-order valence-electron chi connectivity index (χ2n) is 5.65. The zero-order valence-corrected chi connectivity index (χ0v) is 16.4. The molecule has 1 saturated heterocycles. The summed E-state index contributed by atoms with van der Waals surface area (Å²) in [5.74, 6) is -1.78. The quantitative estimate of drug-likeness (QED) is 0.572. The summed E-state index contributed by atoms with van der Waals surface area (Å²) in [5, 5.41) is 2.05. The molecule has 0 bridgehead atoms. The van der Waals surface area contributed by atoms with Gasteiger partial charge in [0.05, 0.1) is 24.4 Å². The van der Waals surface area contributed by atoms with Gasteiger partial charge >= 0.3 is 6.03 Å². The van der Waals surface area contributed by atoms with Crippen molar-refractivity contribution >= 4 is 45.5 Å². The first kappa shape index (κ1) is 19.6. The number of para-hydroxylation sites is 1. The summed E-state index contributed by atoms with van der Waals surface area (Å²) in [6.07, 6.45) is 1.28. The number of hydrogen-bond acceptors (Lipinski definition) is 5. The summed E-state index contributed by atoms with van der Waals surface area (Å²) in [4.78, 5) is 37.8. The molecule has 1 N–H and O–H groups in total. The molecule has 0 spiro atoms. The molecule has 2 aromatic rings. The molecule has 1 aliphatic rings. The van der Waals surface area contributed by atoms with Gasteiger partial charge in [0.25, 0.3) is 11.8 Å². The van der Waals surface area contributed by atoms with Gasteiger partial charge in [0.2, 0.25) is 0 Å². The standard InChI is InChI=1S/C19H14BrFN2O5/c1-27-15-9-10(8-12(20)16(15)28-2)7-11-17(24)22-19(26)23(18(11)25)14-6-4-3-5-13(14)21/h3-9H,1-2H3,(H,22,24,26). The molecule has 7 nitrogen and oxygen atoms in total. The van der Waals surface area contributed by atoms with E-state index in [0.717, 1.165) is 6.07 Å². The monoisotopic (exact) mass is 448 g/mol. The number of hydrogen-bond donors (Lipinski definition) is 1. The highest BCUT2D eigenvalue weighted by Gasteiger charge is 2.38. The number of anilines is 1. The number of urea groups is 1. The highest BCUT2D eigenvalue weighted by molar-refractivity contribution is 9.10. The lowest BCUT2D eigenvalue weighted by Crippen LogP contribution is -2.54. The summed E-state index contributed by atoms with van der Waals surface area (Å²) in [6.45, 7) is 0. The van der Waals surface area contributed by atoms with Gasteiger partial charge in [-0.05, 0) is 51.8 Å². The fourth-order valence-corrected chi connectivity index (χ4v) is 3.32. The topological polar surface area (TPSA) is 84.9 Å². The molecule has 28 heavy (non-hydrogen) atoms. The van der Waals surface area contributed by atoms with E-state index in [-0.39, 0.29) is 11.3 Å². The highest BCUT2D eigenvalue weighted by atomic mass is 79.9. The molecule has 1 heterocycles. The number of rotatable bonds is 4. The highest BCUT2D eigenvalue weighted by Crippen LogP contribution is 2.37. The van der Waals surface area contributed by atoms with E-state index >= 15 is 0 Å². The largest absolute Gasteiger partial charge is 0.493 e. The van der Waals surface area contributed by atoms with Crippen molar-refractivity contribution in [2.24, 2.45) is 0 Å². The number of carbonyl (C=O) groups is 3. The first-order chi connectivity index (χ1) is 13.4. The number of imide groups is 2. The Kier molecular flexibility index (Phi) is 5.46. The maximum absolute atomic E-state index is 14.1. The lowest BCUT2D eigenvalue weighted by molar-refractivity contribution is -0.122. The van der Waals surface area contributed by atoms with E-state index < -0.39 is 23.7 Å². The van der Waals surface area contributed by atoms with Crippen molar-refractivity contribution in [3.63, 3.8) is 0 Å². The van der Waals surface area contributed by atoms with Crippen molar-refractivity contribution < 1.29 is 28.2 Å². The second kappa shape index (κ2) is 7.81. The van der Waals surface area contributed by atoms with Crippen LogP contribution in [0.3, 0.4) is 0 Å². The Morgan fingerprint density at radius 3 is 2.46 bits per heavy atom. The van der Waals surface area contributed by atoms with Crippen LogP contribution < -0.4 is 19.7 Å². The molecule has 0 aromatic heterocycles. The Bertz CT molecular complexity index is 1020. The minimum Gasteiger partial charge on any atom is -0.493 e. The summed E-state index contributed by atoms with van der Waals surface area (Å²) in [5.41, 5.74) is -0.148. The third-order valence-corrected chi connectivity index (χ3v) is 4.55. The molecule has 3 rings (SSSR count). The number of amides is 4. The van der Waals surface area contributed by atoms with Crippen LogP contribution in [-0.2, 0) is 9.59 Å². The van der Waals surface area contributed by atoms with E-state index in [1.54, 1.807) is 12.1 Å². The SMILES string of the molecule is COc1cc(C=C2C(=O)NC(=O)N(c3ccccc3F)C2=O)cc(Br)c1OC. The number of barbiturate groups is 1. The average molecular weight is 449 g/mol. The van der Waals surface area contributed by atoms with E-state index in [2.05, 4.69) is 15.9 Å². The van der Waals surface area contributed by atoms with Crippen LogP contribution in [0, 0.1) is 5.82 Å². The summed E-state index contributed by atoms with van der Waals surface area (Å²) >= 11 is 3.33. The summed E-state index contributed by atoms with van der Waals surface area (Å²) < 4.78 is 25.1. The van der Waals surface area contributed by atoms with Crippen LogP contribution in [0.2, 0.25) is 0 Å². The van der Waals surface area contributed by atoms with Gasteiger partial charge in [-0.2, -0.15) is 0 Å². The zero-order valence-electron chi connectivity index (χ0n) is 14.8. The van der Waals surface area contributed by atoms with Gasteiger partial charge in [0, 0.05) is 0 Å². The predicted molar refractivity (Wildman–Crippen MR) is 103 cm³/mol. The third kappa shape index (κ3) is 3.48. The molecule has 144 valence electrons. The van der Waals surface area contributed by atoms with Crippen LogP contribution in [0.1, 0.15) is 5.56 Å². The van der Waals surface area contributed by atoms with Gasteiger partial charge < -0.3 is 9.47 Å². The van der Waals surface area contributed by atoms with Gasteiger partial charge in [-0.25, -0.2) is 14.1 Å². The minimum absolute atomic E-state index is 0.253. The van der Waals surface area contributed by atoms with E-state index in [1.807, 2.05) is 5.32 Å². The van der Waals surface area contributed by atoms with Crippen LogP contribution in [0.15, 0.2) is 46.4 Å². The molecule has 0 unspecified atom stereocenters. The molecule has 0 saturated carbocycles. The fraction of sp³-hybridized carbons (Fsp3) is 0.105. The Morgan fingerprint density at radius 1 is 1.11 bits per heavy atom. The lowest BCUT2D eigenvalue weighted by Gasteiger charge is -2.26. The van der Waals surface area contributed by atoms with Gasteiger partial charge in [0.15, 0.2) is 11.5 Å². The molecular formula is C19H14BrFN2O5. The molecule has 0 aliphatic carbocycles. The molecule has 2 aromatic carbocycles. The number of nitrogens with zero attached hydrogens (tertiary/aromatic N) is 1. The minimum atomic E-state index is -1.02. The maximum atomic E-state index is 14.1. The molecule has 4 amide bonds. The zero-order chi connectivity index (χ0) is 20.4. The van der Waals surface area contributed by atoms with Crippen molar-refractivity contribution in [2.45, 2.75) is 0 Å². The van der Waals surface area contributed by atoms with E-state index in [4.69, 9.17) is 9.47 Å². The number of methoxy groups -OCH3 is 2. The second-order valence-corrected chi connectivity index (χ2v) is 6.50. The average Bonchev–Trinajstić information content (AvgIpc) is 2.66. The molecule has 9 heteroatoms. The van der Waals surface area contributed by atoms with Gasteiger partial charge in [0.1, 0.15) is 11.4 Å². The van der Waals surface area contributed by atoms with Crippen LogP contribution in [0.4, 0.5) is 14.9 Å². The van der Waals surface area contributed by atoms with Crippen molar-refractivity contribution in [2.75, 3.05) is 19.1 Å². The van der Waals surface area contributed by atoms with Crippen LogP contribution >= 0.6 is 15.9 Å². The number of carbonyl (C=O) groups excluding carboxylic acids is 3. The first-order valence-electron chi connectivity index (χ1n) is 7.95. The number of nitrogens with one attached hydrogen (secondary N) is 1. The molecule has 0 atom stereocenters. The van der Waals surface area contributed by atoms with E-state index in [1.165, 1.54) is 38.5 Å². The van der Waals surface area contributed by atoms with Gasteiger partial charge in [-0.3, -0.25) is 14.9 Å². The predicted octanol–water partition coefficient (Wildman–Crippen LogP) is 3.27. The third-order valence-electron chi connectivity index (χ3n) is 3.96. The normalized spacial score (nSPS) is 15.6. The van der Waals surface area contributed by atoms with Crippen molar-refractivity contribution in [1.29, 1.82) is 0 Å². The molecule has 0 radical (unpaired) electrons. The fourth-order valence-electron chi connectivity index (χ4n) is 2.70. The number of benzene rings is 2. The smallest absolute Gasteiger partial charge is 0.336 e. The molecular weight excluding hydrogens is 435 g/mol.